The fraction of sp³-hybridized carbons (Fsp3) is 0.333. The number of hydrogen-bond donors (Lipinski definition) is 1. The Hall–Kier alpha value is -1.61. The summed E-state index contributed by atoms with van der Waals surface area (Å²) in [5, 5.41) is 3.90. The molecule has 1 heterocycles. The molecule has 0 aliphatic heterocycles. The predicted molar refractivity (Wildman–Crippen MR) is 79.8 cm³/mol. The first-order chi connectivity index (χ1) is 9.22. The normalized spacial score (nSPS) is 12.2. The van der Waals surface area contributed by atoms with Crippen LogP contribution in [0.15, 0.2) is 36.7 Å². The third-order valence-corrected chi connectivity index (χ3v) is 3.52. The van der Waals surface area contributed by atoms with E-state index in [-0.39, 0.29) is 0 Å². The quantitative estimate of drug-likeness (QED) is 0.841. The van der Waals surface area contributed by atoms with E-state index in [2.05, 4.69) is 53.4 Å². The zero-order chi connectivity index (χ0) is 13.7. The van der Waals surface area contributed by atoms with Crippen LogP contribution in [0.1, 0.15) is 30.9 Å². The molecule has 1 aromatic heterocycles. The van der Waals surface area contributed by atoms with E-state index in [1.807, 2.05) is 6.07 Å². The number of halogens is 1. The molecular formula is C15H18ClN3. The molecule has 0 aliphatic rings. The lowest BCUT2D eigenvalue weighted by Gasteiger charge is -2.15. The zero-order valence-electron chi connectivity index (χ0n) is 11.2. The van der Waals surface area contributed by atoms with Gasteiger partial charge in [0, 0.05) is 12.1 Å². The minimum atomic E-state index is 0.416. The van der Waals surface area contributed by atoms with Gasteiger partial charge in [-0.2, -0.15) is 0 Å². The van der Waals surface area contributed by atoms with Gasteiger partial charge in [0.1, 0.15) is 17.3 Å². The van der Waals surface area contributed by atoms with Crippen molar-refractivity contribution in [2.24, 2.45) is 0 Å². The van der Waals surface area contributed by atoms with Crippen LogP contribution in [0.4, 0.5) is 5.82 Å². The monoisotopic (exact) mass is 275 g/mol. The Balaban J connectivity index is 2.05. The second kappa shape index (κ2) is 6.53. The Morgan fingerprint density at radius 3 is 2.63 bits per heavy atom. The molecule has 100 valence electrons. The van der Waals surface area contributed by atoms with Crippen molar-refractivity contribution in [1.29, 1.82) is 0 Å². The Labute approximate surface area is 119 Å². The minimum absolute atomic E-state index is 0.416. The van der Waals surface area contributed by atoms with Crippen LogP contribution in [0.5, 0.6) is 0 Å². The van der Waals surface area contributed by atoms with Crippen molar-refractivity contribution in [1.82, 2.24) is 9.97 Å². The minimum Gasteiger partial charge on any atom is -0.369 e. The molecule has 1 unspecified atom stereocenters. The molecule has 19 heavy (non-hydrogen) atoms. The molecule has 0 amide bonds. The van der Waals surface area contributed by atoms with Crippen molar-refractivity contribution in [3.63, 3.8) is 0 Å². The van der Waals surface area contributed by atoms with Crippen molar-refractivity contribution >= 4 is 17.4 Å². The van der Waals surface area contributed by atoms with Crippen LogP contribution in [0.2, 0.25) is 5.15 Å². The summed E-state index contributed by atoms with van der Waals surface area (Å²) in [4.78, 5) is 8.28. The second-order valence-electron chi connectivity index (χ2n) is 4.54. The van der Waals surface area contributed by atoms with Crippen LogP contribution in [0.25, 0.3) is 0 Å². The highest BCUT2D eigenvalue weighted by atomic mass is 35.5. The van der Waals surface area contributed by atoms with Crippen LogP contribution in [-0.2, 0) is 6.42 Å². The molecule has 1 aromatic carbocycles. The van der Waals surface area contributed by atoms with E-state index >= 15 is 0 Å². The van der Waals surface area contributed by atoms with Crippen LogP contribution in [-0.4, -0.2) is 16.5 Å². The molecule has 4 heteroatoms. The SMILES string of the molecule is CCc1c(Cl)ncnc1NCC(C)c1ccccc1. The standard InChI is InChI=1S/C15H18ClN3/c1-3-13-14(16)18-10-19-15(13)17-9-11(2)12-7-5-4-6-8-12/h4-8,10-11H,3,9H2,1-2H3,(H,17,18,19). The average molecular weight is 276 g/mol. The predicted octanol–water partition coefficient (Wildman–Crippen LogP) is 3.91. The molecule has 0 saturated heterocycles. The maximum absolute atomic E-state index is 6.07. The molecule has 0 fully saturated rings. The summed E-state index contributed by atoms with van der Waals surface area (Å²) in [5.74, 6) is 1.25. The Morgan fingerprint density at radius 1 is 1.21 bits per heavy atom. The van der Waals surface area contributed by atoms with Gasteiger partial charge in [0.25, 0.3) is 0 Å². The van der Waals surface area contributed by atoms with Gasteiger partial charge in [0.2, 0.25) is 0 Å². The summed E-state index contributed by atoms with van der Waals surface area (Å²) < 4.78 is 0. The lowest BCUT2D eigenvalue weighted by atomic mass is 10.0. The first kappa shape index (κ1) is 13.8. The highest BCUT2D eigenvalue weighted by Gasteiger charge is 2.10. The van der Waals surface area contributed by atoms with Crippen LogP contribution < -0.4 is 5.32 Å². The highest BCUT2D eigenvalue weighted by molar-refractivity contribution is 6.30. The first-order valence-electron chi connectivity index (χ1n) is 6.50. The molecule has 0 saturated carbocycles. The number of anilines is 1. The molecule has 0 aliphatic carbocycles. The average Bonchev–Trinajstić information content (AvgIpc) is 2.45. The van der Waals surface area contributed by atoms with Gasteiger partial charge < -0.3 is 5.32 Å². The van der Waals surface area contributed by atoms with Gasteiger partial charge in [-0.25, -0.2) is 9.97 Å². The maximum Gasteiger partial charge on any atom is 0.137 e. The first-order valence-corrected chi connectivity index (χ1v) is 6.88. The molecule has 3 nitrogen and oxygen atoms in total. The van der Waals surface area contributed by atoms with Crippen molar-refractivity contribution in [3.8, 4) is 0 Å². The van der Waals surface area contributed by atoms with Crippen LogP contribution in [0.3, 0.4) is 0 Å². The molecule has 0 bridgehead atoms. The van der Waals surface area contributed by atoms with Crippen molar-refractivity contribution in [2.45, 2.75) is 26.2 Å². The number of hydrogen-bond acceptors (Lipinski definition) is 3. The maximum atomic E-state index is 6.07. The van der Waals surface area contributed by atoms with E-state index in [1.165, 1.54) is 11.9 Å². The van der Waals surface area contributed by atoms with Crippen molar-refractivity contribution in [2.75, 3.05) is 11.9 Å². The van der Waals surface area contributed by atoms with Gasteiger partial charge in [-0.1, -0.05) is 55.8 Å². The lowest BCUT2D eigenvalue weighted by molar-refractivity contribution is 0.798. The molecular weight excluding hydrogens is 258 g/mol. The third kappa shape index (κ3) is 3.44. The summed E-state index contributed by atoms with van der Waals surface area (Å²) in [6.07, 6.45) is 2.32. The number of nitrogens with zero attached hydrogens (tertiary/aromatic N) is 2. The smallest absolute Gasteiger partial charge is 0.137 e. The number of aromatic nitrogens is 2. The van der Waals surface area contributed by atoms with E-state index in [0.29, 0.717) is 11.1 Å². The van der Waals surface area contributed by atoms with Gasteiger partial charge in [0.05, 0.1) is 0 Å². The van der Waals surface area contributed by atoms with Crippen LogP contribution in [0, 0.1) is 0 Å². The summed E-state index contributed by atoms with van der Waals surface area (Å²) in [6.45, 7) is 5.07. The Bertz CT molecular complexity index is 528. The van der Waals surface area contributed by atoms with Gasteiger partial charge in [-0.05, 0) is 17.9 Å². The fourth-order valence-electron chi connectivity index (χ4n) is 2.01. The van der Waals surface area contributed by atoms with Gasteiger partial charge in [-0.15, -0.1) is 0 Å². The Kier molecular flexibility index (Phi) is 4.74. The summed E-state index contributed by atoms with van der Waals surface area (Å²) >= 11 is 6.07. The van der Waals surface area contributed by atoms with E-state index in [0.717, 1.165) is 24.3 Å². The molecule has 2 aromatic rings. The van der Waals surface area contributed by atoms with E-state index in [4.69, 9.17) is 11.6 Å². The largest absolute Gasteiger partial charge is 0.369 e. The summed E-state index contributed by atoms with van der Waals surface area (Å²) in [7, 11) is 0. The molecule has 1 atom stereocenters. The number of benzene rings is 1. The summed E-state index contributed by atoms with van der Waals surface area (Å²) in [6, 6.07) is 10.4. The van der Waals surface area contributed by atoms with Gasteiger partial charge in [0.15, 0.2) is 0 Å². The van der Waals surface area contributed by atoms with E-state index in [1.54, 1.807) is 0 Å². The van der Waals surface area contributed by atoms with Gasteiger partial charge >= 0.3 is 0 Å². The van der Waals surface area contributed by atoms with Gasteiger partial charge in [-0.3, -0.25) is 0 Å². The molecule has 2 rings (SSSR count). The lowest BCUT2D eigenvalue weighted by Crippen LogP contribution is -2.12. The van der Waals surface area contributed by atoms with Crippen molar-refractivity contribution < 1.29 is 0 Å². The van der Waals surface area contributed by atoms with E-state index in [9.17, 15) is 0 Å². The number of rotatable bonds is 5. The highest BCUT2D eigenvalue weighted by Crippen LogP contribution is 2.21. The van der Waals surface area contributed by atoms with Crippen molar-refractivity contribution in [3.05, 3.63) is 52.9 Å². The topological polar surface area (TPSA) is 37.8 Å². The number of nitrogens with one attached hydrogen (secondary N) is 1. The fourth-order valence-corrected chi connectivity index (χ4v) is 2.27. The third-order valence-electron chi connectivity index (χ3n) is 3.19. The van der Waals surface area contributed by atoms with Crippen LogP contribution >= 0.6 is 11.6 Å². The second-order valence-corrected chi connectivity index (χ2v) is 4.90. The zero-order valence-corrected chi connectivity index (χ0v) is 12.0. The molecule has 1 N–H and O–H groups in total. The summed E-state index contributed by atoms with van der Waals surface area (Å²) in [5.41, 5.74) is 2.29. The Morgan fingerprint density at radius 2 is 1.95 bits per heavy atom. The molecule has 0 spiro atoms. The van der Waals surface area contributed by atoms with E-state index < -0.39 is 0 Å². The molecule has 0 radical (unpaired) electrons.